The fraction of sp³-hybridized carbons (Fsp3) is 0.909. The van der Waals surface area contributed by atoms with E-state index >= 15 is 0 Å². The van der Waals surface area contributed by atoms with Crippen molar-refractivity contribution >= 4 is 6.29 Å². The van der Waals surface area contributed by atoms with Crippen LogP contribution in [0.5, 0.6) is 0 Å². The first-order chi connectivity index (χ1) is 6.12. The van der Waals surface area contributed by atoms with E-state index in [1.54, 1.807) is 0 Å². The van der Waals surface area contributed by atoms with Crippen LogP contribution in [0.1, 0.15) is 46.5 Å². The van der Waals surface area contributed by atoms with Crippen molar-refractivity contribution in [3.05, 3.63) is 0 Å². The summed E-state index contributed by atoms with van der Waals surface area (Å²) in [6, 6.07) is 0. The van der Waals surface area contributed by atoms with Crippen LogP contribution in [-0.2, 0) is 9.53 Å². The van der Waals surface area contributed by atoms with Crippen molar-refractivity contribution in [2.75, 3.05) is 13.2 Å². The summed E-state index contributed by atoms with van der Waals surface area (Å²) in [6.07, 6.45) is 5.83. The predicted molar refractivity (Wildman–Crippen MR) is 54.8 cm³/mol. The molecule has 0 bridgehead atoms. The number of rotatable bonds is 8. The highest BCUT2D eigenvalue weighted by Gasteiger charge is 2.15. The highest BCUT2D eigenvalue weighted by Crippen LogP contribution is 2.11. The van der Waals surface area contributed by atoms with Crippen LogP contribution in [0.15, 0.2) is 0 Å². The fourth-order valence-corrected chi connectivity index (χ4v) is 1.00. The Kier molecular flexibility index (Phi) is 6.87. The molecule has 0 spiro atoms. The second kappa shape index (κ2) is 7.07. The number of aldehydes is 1. The average molecular weight is 186 g/mol. The van der Waals surface area contributed by atoms with E-state index in [1.165, 1.54) is 19.3 Å². The number of hydrogen-bond donors (Lipinski definition) is 0. The van der Waals surface area contributed by atoms with E-state index < -0.39 is 0 Å². The molecule has 0 aromatic carbocycles. The third kappa shape index (κ3) is 7.97. The van der Waals surface area contributed by atoms with Crippen molar-refractivity contribution in [3.8, 4) is 0 Å². The second-order valence-corrected chi connectivity index (χ2v) is 4.22. The van der Waals surface area contributed by atoms with Crippen LogP contribution in [-0.4, -0.2) is 19.5 Å². The molecule has 0 aliphatic heterocycles. The first-order valence-corrected chi connectivity index (χ1v) is 5.16. The molecular weight excluding hydrogens is 164 g/mol. The zero-order chi connectivity index (χ0) is 10.2. The third-order valence-corrected chi connectivity index (χ3v) is 1.94. The van der Waals surface area contributed by atoms with E-state index in [0.29, 0.717) is 6.61 Å². The molecule has 0 saturated carbocycles. The Labute approximate surface area is 81.7 Å². The van der Waals surface area contributed by atoms with Crippen molar-refractivity contribution in [1.82, 2.24) is 0 Å². The molecule has 0 atom stereocenters. The molecule has 0 fully saturated rings. The summed E-state index contributed by atoms with van der Waals surface area (Å²) in [5, 5.41) is 0. The lowest BCUT2D eigenvalue weighted by molar-refractivity contribution is -0.117. The second-order valence-electron chi connectivity index (χ2n) is 4.22. The first-order valence-electron chi connectivity index (χ1n) is 5.16. The Bertz CT molecular complexity index is 130. The lowest BCUT2D eigenvalue weighted by Crippen LogP contribution is -2.21. The molecule has 2 nitrogen and oxygen atoms in total. The summed E-state index contributed by atoms with van der Waals surface area (Å²) in [7, 11) is 0. The standard InChI is InChI=1S/C11H22O2/c1-4-5-6-7-8-13-10-11(2,3)9-12/h9H,4-8,10H2,1-3H3. The molecule has 0 aromatic heterocycles. The summed E-state index contributed by atoms with van der Waals surface area (Å²) in [4.78, 5) is 10.5. The zero-order valence-electron chi connectivity index (χ0n) is 9.14. The molecule has 0 radical (unpaired) electrons. The lowest BCUT2D eigenvalue weighted by Gasteiger charge is -2.16. The van der Waals surface area contributed by atoms with E-state index in [2.05, 4.69) is 6.92 Å². The summed E-state index contributed by atoms with van der Waals surface area (Å²) in [5.41, 5.74) is -0.315. The quantitative estimate of drug-likeness (QED) is 0.430. The van der Waals surface area contributed by atoms with Crippen LogP contribution in [0.3, 0.4) is 0 Å². The monoisotopic (exact) mass is 186 g/mol. The predicted octanol–water partition coefficient (Wildman–Crippen LogP) is 2.81. The number of ether oxygens (including phenoxy) is 1. The highest BCUT2D eigenvalue weighted by atomic mass is 16.5. The van der Waals surface area contributed by atoms with Gasteiger partial charge in [0.2, 0.25) is 0 Å². The van der Waals surface area contributed by atoms with Gasteiger partial charge in [0.25, 0.3) is 0 Å². The lowest BCUT2D eigenvalue weighted by atomic mass is 9.98. The molecule has 0 aliphatic rings. The molecule has 0 N–H and O–H groups in total. The van der Waals surface area contributed by atoms with Crippen LogP contribution >= 0.6 is 0 Å². The Morgan fingerprint density at radius 3 is 2.46 bits per heavy atom. The van der Waals surface area contributed by atoms with E-state index in [1.807, 2.05) is 13.8 Å². The molecule has 0 heterocycles. The topological polar surface area (TPSA) is 26.3 Å². The van der Waals surface area contributed by atoms with Gasteiger partial charge < -0.3 is 9.53 Å². The zero-order valence-corrected chi connectivity index (χ0v) is 9.14. The number of carbonyl (C=O) groups excluding carboxylic acids is 1. The maximum atomic E-state index is 10.5. The molecule has 78 valence electrons. The van der Waals surface area contributed by atoms with Crippen LogP contribution in [0.4, 0.5) is 0 Å². The van der Waals surface area contributed by atoms with Gasteiger partial charge in [-0.05, 0) is 6.42 Å². The van der Waals surface area contributed by atoms with Crippen LogP contribution in [0.2, 0.25) is 0 Å². The van der Waals surface area contributed by atoms with Gasteiger partial charge in [0.15, 0.2) is 0 Å². The number of hydrogen-bond acceptors (Lipinski definition) is 2. The van der Waals surface area contributed by atoms with Crippen molar-refractivity contribution < 1.29 is 9.53 Å². The first kappa shape index (κ1) is 12.6. The summed E-state index contributed by atoms with van der Waals surface area (Å²) < 4.78 is 5.40. The minimum atomic E-state index is -0.315. The van der Waals surface area contributed by atoms with Crippen LogP contribution in [0.25, 0.3) is 0 Å². The van der Waals surface area contributed by atoms with Gasteiger partial charge in [0.05, 0.1) is 6.61 Å². The normalized spacial score (nSPS) is 11.6. The third-order valence-electron chi connectivity index (χ3n) is 1.94. The maximum absolute atomic E-state index is 10.5. The Morgan fingerprint density at radius 1 is 1.23 bits per heavy atom. The van der Waals surface area contributed by atoms with Gasteiger partial charge in [-0.1, -0.05) is 40.0 Å². The average Bonchev–Trinajstić information content (AvgIpc) is 2.11. The smallest absolute Gasteiger partial charge is 0.127 e. The molecule has 0 unspecified atom stereocenters. The molecule has 2 heteroatoms. The molecule has 0 aliphatic carbocycles. The molecule has 0 saturated heterocycles. The summed E-state index contributed by atoms with van der Waals surface area (Å²) in [6.45, 7) is 7.31. The summed E-state index contributed by atoms with van der Waals surface area (Å²) >= 11 is 0. The van der Waals surface area contributed by atoms with Gasteiger partial charge in [-0.3, -0.25) is 0 Å². The van der Waals surface area contributed by atoms with E-state index in [9.17, 15) is 4.79 Å². The number of unbranched alkanes of at least 4 members (excludes halogenated alkanes) is 3. The molecule has 0 rings (SSSR count). The van der Waals surface area contributed by atoms with Crippen molar-refractivity contribution in [3.63, 3.8) is 0 Å². The van der Waals surface area contributed by atoms with Crippen molar-refractivity contribution in [2.24, 2.45) is 5.41 Å². The van der Waals surface area contributed by atoms with E-state index in [-0.39, 0.29) is 5.41 Å². The highest BCUT2D eigenvalue weighted by molar-refractivity contribution is 5.57. The van der Waals surface area contributed by atoms with Crippen LogP contribution in [0, 0.1) is 5.41 Å². The molecule has 0 aromatic rings. The Balaban J connectivity index is 3.20. The van der Waals surface area contributed by atoms with E-state index in [0.717, 1.165) is 19.3 Å². The van der Waals surface area contributed by atoms with Crippen LogP contribution < -0.4 is 0 Å². The Morgan fingerprint density at radius 2 is 1.92 bits per heavy atom. The van der Waals surface area contributed by atoms with Gasteiger partial charge in [0, 0.05) is 12.0 Å². The molecule has 0 amide bonds. The van der Waals surface area contributed by atoms with Gasteiger partial charge >= 0.3 is 0 Å². The van der Waals surface area contributed by atoms with E-state index in [4.69, 9.17) is 4.74 Å². The number of carbonyl (C=O) groups is 1. The Hall–Kier alpha value is -0.370. The summed E-state index contributed by atoms with van der Waals surface area (Å²) in [5.74, 6) is 0. The minimum Gasteiger partial charge on any atom is -0.380 e. The van der Waals surface area contributed by atoms with Gasteiger partial charge in [-0.15, -0.1) is 0 Å². The van der Waals surface area contributed by atoms with Gasteiger partial charge in [-0.2, -0.15) is 0 Å². The van der Waals surface area contributed by atoms with Gasteiger partial charge in [-0.25, -0.2) is 0 Å². The SMILES string of the molecule is CCCCCCOCC(C)(C)C=O. The van der Waals surface area contributed by atoms with Gasteiger partial charge in [0.1, 0.15) is 6.29 Å². The van der Waals surface area contributed by atoms with Crippen molar-refractivity contribution in [1.29, 1.82) is 0 Å². The largest absolute Gasteiger partial charge is 0.380 e. The molecular formula is C11H22O2. The molecule has 13 heavy (non-hydrogen) atoms. The minimum absolute atomic E-state index is 0.315. The fourth-order valence-electron chi connectivity index (χ4n) is 1.00. The maximum Gasteiger partial charge on any atom is 0.127 e. The van der Waals surface area contributed by atoms with Crippen molar-refractivity contribution in [2.45, 2.75) is 46.5 Å².